The van der Waals surface area contributed by atoms with Crippen LogP contribution in [-0.2, 0) is 14.8 Å². The molecule has 0 saturated carbocycles. The number of rotatable bonds is 4. The Kier molecular flexibility index (Phi) is 4.65. The van der Waals surface area contributed by atoms with Gasteiger partial charge in [-0.15, -0.1) is 0 Å². The van der Waals surface area contributed by atoms with Gasteiger partial charge in [0.1, 0.15) is 0 Å². The molecule has 1 aromatic heterocycles. The number of para-hydroxylation sites is 1. The summed E-state index contributed by atoms with van der Waals surface area (Å²) in [5, 5.41) is 10.3. The molecule has 0 spiro atoms. The lowest BCUT2D eigenvalue weighted by atomic mass is 10.2. The molecule has 2 aromatic carbocycles. The van der Waals surface area contributed by atoms with Gasteiger partial charge in [0, 0.05) is 24.2 Å². The van der Waals surface area contributed by atoms with Gasteiger partial charge in [-0.25, -0.2) is 8.42 Å². The number of sulfonamides is 1. The highest BCUT2D eigenvalue weighted by atomic mass is 32.2. The molecule has 2 heterocycles. The number of nitrogens with one attached hydrogen (secondary N) is 2. The third-order valence-electron chi connectivity index (χ3n) is 4.41. The van der Waals surface area contributed by atoms with Crippen molar-refractivity contribution in [3.63, 3.8) is 0 Å². The van der Waals surface area contributed by atoms with E-state index in [-0.39, 0.29) is 16.5 Å². The number of aromatic amines is 1. The largest absolute Gasteiger partial charge is 0.379 e. The van der Waals surface area contributed by atoms with Crippen LogP contribution in [0.3, 0.4) is 0 Å². The van der Waals surface area contributed by atoms with Crippen molar-refractivity contribution in [1.29, 1.82) is 0 Å². The average Bonchev–Trinajstić information content (AvgIpc) is 3.13. The second kappa shape index (κ2) is 7.10. The zero-order valence-electron chi connectivity index (χ0n) is 14.4. The Balaban J connectivity index is 1.51. The second-order valence-corrected chi connectivity index (χ2v) is 8.05. The number of hydrogen-bond donors (Lipinski definition) is 2. The normalized spacial score (nSPS) is 15.7. The van der Waals surface area contributed by atoms with Gasteiger partial charge in [0.15, 0.2) is 5.69 Å². The van der Waals surface area contributed by atoms with E-state index < -0.39 is 10.0 Å². The monoisotopic (exact) mass is 386 g/mol. The van der Waals surface area contributed by atoms with E-state index in [4.69, 9.17) is 4.74 Å². The molecule has 4 rings (SSSR count). The number of nitrogens with zero attached hydrogens (tertiary/aromatic N) is 2. The second-order valence-electron chi connectivity index (χ2n) is 6.11. The molecule has 0 radical (unpaired) electrons. The molecule has 0 bridgehead atoms. The number of benzene rings is 2. The van der Waals surface area contributed by atoms with Gasteiger partial charge in [-0.3, -0.25) is 9.89 Å². The zero-order chi connectivity index (χ0) is 18.9. The predicted octanol–water partition coefficient (Wildman–Crippen LogP) is 1.84. The van der Waals surface area contributed by atoms with Crippen molar-refractivity contribution < 1.29 is 17.9 Å². The molecule has 2 N–H and O–H groups in total. The Morgan fingerprint density at radius 2 is 1.78 bits per heavy atom. The molecule has 1 fully saturated rings. The number of morpholine rings is 1. The molecule has 1 saturated heterocycles. The fraction of sp³-hybridized carbons (Fsp3) is 0.222. The molecule has 0 atom stereocenters. The predicted molar refractivity (Wildman–Crippen MR) is 100 cm³/mol. The Morgan fingerprint density at radius 1 is 1.07 bits per heavy atom. The fourth-order valence-corrected chi connectivity index (χ4v) is 4.38. The van der Waals surface area contributed by atoms with E-state index >= 15 is 0 Å². The van der Waals surface area contributed by atoms with Crippen LogP contribution >= 0.6 is 0 Å². The average molecular weight is 386 g/mol. The molecule has 3 aromatic rings. The molecule has 8 nitrogen and oxygen atoms in total. The molecule has 1 aliphatic rings. The van der Waals surface area contributed by atoms with Gasteiger partial charge >= 0.3 is 0 Å². The van der Waals surface area contributed by atoms with Crippen LogP contribution in [0, 0.1) is 0 Å². The van der Waals surface area contributed by atoms with E-state index in [2.05, 4.69) is 15.5 Å². The quantitative estimate of drug-likeness (QED) is 0.712. The Morgan fingerprint density at radius 3 is 2.52 bits per heavy atom. The van der Waals surface area contributed by atoms with Gasteiger partial charge in [0.05, 0.1) is 23.6 Å². The van der Waals surface area contributed by atoms with Gasteiger partial charge in [-0.1, -0.05) is 18.2 Å². The number of anilines is 1. The molecule has 1 aliphatic heterocycles. The summed E-state index contributed by atoms with van der Waals surface area (Å²) < 4.78 is 31.8. The van der Waals surface area contributed by atoms with E-state index in [1.54, 1.807) is 12.1 Å². The first kappa shape index (κ1) is 17.7. The number of carbonyl (C=O) groups excluding carboxylic acids is 1. The minimum absolute atomic E-state index is 0.188. The van der Waals surface area contributed by atoms with Crippen molar-refractivity contribution in [1.82, 2.24) is 14.5 Å². The van der Waals surface area contributed by atoms with Crippen LogP contribution in [0.1, 0.15) is 10.5 Å². The van der Waals surface area contributed by atoms with Crippen molar-refractivity contribution in [3.8, 4) is 0 Å². The van der Waals surface area contributed by atoms with Crippen LogP contribution in [0.5, 0.6) is 0 Å². The minimum atomic E-state index is -3.56. The fourth-order valence-electron chi connectivity index (χ4n) is 2.97. The molecule has 9 heteroatoms. The highest BCUT2D eigenvalue weighted by molar-refractivity contribution is 7.89. The molecule has 140 valence electrons. The first-order valence-corrected chi connectivity index (χ1v) is 9.92. The first-order chi connectivity index (χ1) is 13.1. The standard InChI is InChI=1S/C18H18N4O4S/c23-18(17-15-3-1-2-4-16(15)20-21-17)19-13-5-7-14(8-6-13)27(24,25)22-9-11-26-12-10-22/h1-8H,9-12H2,(H,19,23)(H,20,21). The van der Waals surface area contributed by atoms with Crippen molar-refractivity contribution in [2.75, 3.05) is 31.6 Å². The smallest absolute Gasteiger partial charge is 0.276 e. The van der Waals surface area contributed by atoms with Crippen LogP contribution in [-0.4, -0.2) is 55.1 Å². The third kappa shape index (κ3) is 3.44. The summed E-state index contributed by atoms with van der Waals surface area (Å²) in [6.07, 6.45) is 0. The lowest BCUT2D eigenvalue weighted by molar-refractivity contribution is 0.0730. The maximum atomic E-state index is 12.6. The van der Waals surface area contributed by atoms with Crippen LogP contribution < -0.4 is 5.32 Å². The molecular weight excluding hydrogens is 368 g/mol. The number of ether oxygens (including phenoxy) is 1. The maximum Gasteiger partial charge on any atom is 0.276 e. The van der Waals surface area contributed by atoms with E-state index in [1.807, 2.05) is 24.3 Å². The third-order valence-corrected chi connectivity index (χ3v) is 6.32. The minimum Gasteiger partial charge on any atom is -0.379 e. The van der Waals surface area contributed by atoms with Gasteiger partial charge < -0.3 is 10.1 Å². The highest BCUT2D eigenvalue weighted by Gasteiger charge is 2.26. The topological polar surface area (TPSA) is 104 Å². The number of fused-ring (bicyclic) bond motifs is 1. The van der Waals surface area contributed by atoms with Gasteiger partial charge in [0.25, 0.3) is 5.91 Å². The van der Waals surface area contributed by atoms with Crippen molar-refractivity contribution in [2.45, 2.75) is 4.90 Å². The van der Waals surface area contributed by atoms with Gasteiger partial charge in [-0.2, -0.15) is 9.40 Å². The van der Waals surface area contributed by atoms with E-state index in [0.29, 0.717) is 32.0 Å². The number of hydrogen-bond acceptors (Lipinski definition) is 5. The van der Waals surface area contributed by atoms with E-state index in [0.717, 1.165) is 10.9 Å². The highest BCUT2D eigenvalue weighted by Crippen LogP contribution is 2.21. The number of H-pyrrole nitrogens is 1. The van der Waals surface area contributed by atoms with E-state index in [1.165, 1.54) is 16.4 Å². The number of amides is 1. The zero-order valence-corrected chi connectivity index (χ0v) is 15.2. The summed E-state index contributed by atoms with van der Waals surface area (Å²) in [5.74, 6) is -0.365. The SMILES string of the molecule is O=C(Nc1ccc(S(=O)(=O)N2CCOCC2)cc1)c1n[nH]c2ccccc12. The van der Waals surface area contributed by atoms with Crippen LogP contribution in [0.4, 0.5) is 5.69 Å². The number of carbonyl (C=O) groups is 1. The van der Waals surface area contributed by atoms with Gasteiger partial charge in [-0.05, 0) is 30.3 Å². The first-order valence-electron chi connectivity index (χ1n) is 8.48. The van der Waals surface area contributed by atoms with Crippen molar-refractivity contribution in [3.05, 3.63) is 54.2 Å². The summed E-state index contributed by atoms with van der Waals surface area (Å²) in [5.41, 5.74) is 1.55. The van der Waals surface area contributed by atoms with E-state index in [9.17, 15) is 13.2 Å². The molecule has 0 unspecified atom stereocenters. The summed E-state index contributed by atoms with van der Waals surface area (Å²) in [4.78, 5) is 12.7. The molecule has 1 amide bonds. The summed E-state index contributed by atoms with van der Waals surface area (Å²) in [6, 6.07) is 13.5. The Labute approximate surface area is 156 Å². The molecule has 27 heavy (non-hydrogen) atoms. The summed E-state index contributed by atoms with van der Waals surface area (Å²) >= 11 is 0. The van der Waals surface area contributed by atoms with Crippen LogP contribution in [0.25, 0.3) is 10.9 Å². The Hall–Kier alpha value is -2.75. The summed E-state index contributed by atoms with van der Waals surface area (Å²) in [7, 11) is -3.56. The van der Waals surface area contributed by atoms with Crippen LogP contribution in [0.2, 0.25) is 0 Å². The lowest BCUT2D eigenvalue weighted by Crippen LogP contribution is -2.40. The molecule has 0 aliphatic carbocycles. The summed E-state index contributed by atoms with van der Waals surface area (Å²) in [6.45, 7) is 1.47. The van der Waals surface area contributed by atoms with Crippen molar-refractivity contribution in [2.24, 2.45) is 0 Å². The maximum absolute atomic E-state index is 12.6. The van der Waals surface area contributed by atoms with Gasteiger partial charge in [0.2, 0.25) is 10.0 Å². The lowest BCUT2D eigenvalue weighted by Gasteiger charge is -2.26. The number of aromatic nitrogens is 2. The van der Waals surface area contributed by atoms with Crippen molar-refractivity contribution >= 4 is 32.5 Å². The Bertz CT molecular complexity index is 1070. The van der Waals surface area contributed by atoms with Crippen LogP contribution in [0.15, 0.2) is 53.4 Å². The molecular formula is C18H18N4O4S.